The summed E-state index contributed by atoms with van der Waals surface area (Å²) in [5.74, 6) is -7.99. The van der Waals surface area contributed by atoms with Crippen LogP contribution in [0.3, 0.4) is 0 Å². The lowest BCUT2D eigenvalue weighted by molar-refractivity contribution is -0.459. The zero-order valence-corrected chi connectivity index (χ0v) is 29.2. The van der Waals surface area contributed by atoms with Crippen molar-refractivity contribution in [3.8, 4) is 0 Å². The van der Waals surface area contributed by atoms with Crippen molar-refractivity contribution in [1.82, 2.24) is 0 Å². The molecule has 286 valence electrons. The maximum atomic E-state index is 10.6. The van der Waals surface area contributed by atoms with Gasteiger partial charge in [-0.05, 0) is 95.2 Å². The van der Waals surface area contributed by atoms with Gasteiger partial charge in [0.2, 0.25) is 0 Å². The first kappa shape index (κ1) is 78.7. The number of aromatic carboxylic acids is 4. The quantitative estimate of drug-likeness (QED) is 0.234. The van der Waals surface area contributed by atoms with E-state index in [2.05, 4.69) is 106 Å². The fraction of sp³-hybridized carbons (Fsp3) is 0.615. The largest absolute Gasteiger partial charge is 0.545 e. The molecule has 0 heterocycles. The number of benzene rings is 1. The van der Waals surface area contributed by atoms with Gasteiger partial charge in [0.1, 0.15) is 0 Å². The number of hydrogen-bond donors (Lipinski definition) is 4. The molecule has 0 fully saturated rings. The van der Waals surface area contributed by atoms with Gasteiger partial charge in [-0.1, -0.05) is 0 Å². The van der Waals surface area contributed by atoms with E-state index >= 15 is 0 Å². The zero-order valence-electron chi connectivity index (χ0n) is 29.2. The summed E-state index contributed by atoms with van der Waals surface area (Å²) in [7, 11) is 0. The van der Waals surface area contributed by atoms with Gasteiger partial charge in [-0.15, -0.1) is 0 Å². The molecule has 0 saturated heterocycles. The molecule has 0 saturated carbocycles. The average Bonchev–Trinajstić information content (AvgIpc) is 2.54. The van der Waals surface area contributed by atoms with E-state index in [1.807, 2.05) is 0 Å². The van der Waals surface area contributed by atoms with Crippen LogP contribution in [-0.2, 0) is 0 Å². The van der Waals surface area contributed by atoms with Gasteiger partial charge in [0.25, 0.3) is 0 Å². The minimum Gasteiger partial charge on any atom is -0.545 e. The summed E-state index contributed by atoms with van der Waals surface area (Å²) in [5.41, 5.74) is 12.0. The van der Waals surface area contributed by atoms with E-state index in [0.717, 1.165) is 0 Å². The summed E-state index contributed by atoms with van der Waals surface area (Å²) < 4.78 is 0. The number of quaternary nitrogens is 4. The third kappa shape index (κ3) is 77.8. The van der Waals surface area contributed by atoms with Crippen LogP contribution in [0.15, 0.2) is 12.1 Å². The fourth-order valence-electron chi connectivity index (χ4n) is 1.28. The smallest absolute Gasteiger partial charge is 0.0860 e. The molecule has 1 aromatic rings. The molecule has 20 heteroatoms. The Labute approximate surface area is 270 Å². The molecule has 20 nitrogen and oxygen atoms in total. The second-order valence-electron chi connectivity index (χ2n) is 13.3. The van der Waals surface area contributed by atoms with E-state index in [-0.39, 0.29) is 66.0 Å². The number of carbonyl (C=O) groups excluding carboxylic acids is 4. The summed E-state index contributed by atoms with van der Waals surface area (Å²) in [6.07, 6.45) is 0. The molecule has 0 amide bonds. The Morgan fingerprint density at radius 1 is 0.370 bits per heavy atom. The highest BCUT2D eigenvalue weighted by Gasteiger charge is 2.13. The summed E-state index contributed by atoms with van der Waals surface area (Å²) in [6, 6.07) is 0.613. The molecular weight excluding hydrogens is 624 g/mol. The van der Waals surface area contributed by atoms with Crippen LogP contribution in [0.4, 0.5) is 0 Å². The van der Waals surface area contributed by atoms with Crippen LogP contribution in [-0.4, -0.2) is 89.8 Å². The molecule has 0 spiro atoms. The molecular formula is C26H66N4O16. The summed E-state index contributed by atoms with van der Waals surface area (Å²) >= 11 is 0. The Hall–Kier alpha value is -3.38. The Balaban J connectivity index is -0.0000000351. The molecule has 1 aromatic carbocycles. The molecule has 0 atom stereocenters. The molecule has 0 aromatic heterocycles. The molecule has 0 unspecified atom stereocenters. The Morgan fingerprint density at radius 2 is 0.435 bits per heavy atom. The topological polar surface area (TPSA) is 523 Å². The van der Waals surface area contributed by atoms with Crippen molar-refractivity contribution in [2.45, 2.75) is 105 Å². The fourth-order valence-corrected chi connectivity index (χ4v) is 1.28. The second-order valence-corrected chi connectivity index (χ2v) is 13.3. The molecule has 46 heavy (non-hydrogen) atoms. The van der Waals surface area contributed by atoms with Gasteiger partial charge >= 0.3 is 0 Å². The summed E-state index contributed by atoms with van der Waals surface area (Å²) in [4.78, 5) is 42.4. The van der Waals surface area contributed by atoms with Crippen molar-refractivity contribution in [3.05, 3.63) is 34.4 Å². The highest BCUT2D eigenvalue weighted by Crippen LogP contribution is 2.16. The Kier molecular flexibility index (Phi) is 54.1. The monoisotopic (exact) mass is 690 g/mol. The molecule has 28 N–H and O–H groups in total. The van der Waals surface area contributed by atoms with E-state index in [9.17, 15) is 39.6 Å². The van der Waals surface area contributed by atoms with Crippen LogP contribution in [0.5, 0.6) is 0 Å². The SMILES string of the molecule is CC(C)(C)[NH3+].CC(C)(C)[NH3+].CC(C)(C)[NH3+].CC(C)(C)[NH3+].O.O.O.O.O.O.O.O.O=C([O-])c1cc(C(=O)[O-])c(C(=O)[O-])cc1C(=O)[O-]. The lowest BCUT2D eigenvalue weighted by Gasteiger charge is -2.18. The summed E-state index contributed by atoms with van der Waals surface area (Å²) in [5, 5.41) is 42.4. The van der Waals surface area contributed by atoms with E-state index in [1.165, 1.54) is 0 Å². The van der Waals surface area contributed by atoms with E-state index in [1.54, 1.807) is 0 Å². The molecule has 0 aliphatic heterocycles. The first-order valence-corrected chi connectivity index (χ1v) is 11.7. The van der Waals surface area contributed by atoms with Crippen LogP contribution in [0, 0.1) is 0 Å². The normalized spacial score (nSPS) is 9.04. The van der Waals surface area contributed by atoms with Gasteiger partial charge < -0.3 is 106 Å². The van der Waals surface area contributed by atoms with Crippen LogP contribution in [0.25, 0.3) is 0 Å². The van der Waals surface area contributed by atoms with Gasteiger partial charge in [-0.3, -0.25) is 0 Å². The van der Waals surface area contributed by atoms with Crippen molar-refractivity contribution in [3.63, 3.8) is 0 Å². The van der Waals surface area contributed by atoms with E-state index < -0.39 is 46.1 Å². The number of carboxylic acids is 4. The van der Waals surface area contributed by atoms with Gasteiger partial charge in [0.15, 0.2) is 0 Å². The maximum absolute atomic E-state index is 10.6. The van der Waals surface area contributed by atoms with Crippen molar-refractivity contribution in [1.29, 1.82) is 0 Å². The van der Waals surface area contributed by atoms with Gasteiger partial charge in [-0.2, -0.15) is 0 Å². The number of carboxylic acid groups (broad SMARTS) is 4. The predicted molar refractivity (Wildman–Crippen MR) is 163 cm³/mol. The van der Waals surface area contributed by atoms with Crippen LogP contribution < -0.4 is 43.4 Å². The minimum atomic E-state index is -2.00. The molecule has 0 bridgehead atoms. The first-order chi connectivity index (χ1) is 16.3. The van der Waals surface area contributed by atoms with Crippen LogP contribution in [0.1, 0.15) is 125 Å². The highest BCUT2D eigenvalue weighted by atomic mass is 16.4. The van der Waals surface area contributed by atoms with Crippen molar-refractivity contribution in [2.75, 3.05) is 0 Å². The van der Waals surface area contributed by atoms with Crippen molar-refractivity contribution < 1.29 is 106 Å². The molecule has 0 aliphatic rings. The third-order valence-electron chi connectivity index (χ3n) is 2.04. The average molecular weight is 691 g/mol. The summed E-state index contributed by atoms with van der Waals surface area (Å²) in [6.45, 7) is 24.9. The van der Waals surface area contributed by atoms with Crippen LogP contribution >= 0.6 is 0 Å². The Morgan fingerprint density at radius 3 is 0.478 bits per heavy atom. The van der Waals surface area contributed by atoms with Gasteiger partial charge in [0, 0.05) is 22.3 Å². The van der Waals surface area contributed by atoms with Crippen LogP contribution in [0.2, 0.25) is 0 Å². The molecule has 0 aliphatic carbocycles. The third-order valence-corrected chi connectivity index (χ3v) is 2.04. The number of carbonyl (C=O) groups is 4. The van der Waals surface area contributed by atoms with Gasteiger partial charge in [-0.25, -0.2) is 0 Å². The maximum Gasteiger partial charge on any atom is 0.0860 e. The van der Waals surface area contributed by atoms with Crippen molar-refractivity contribution >= 4 is 23.9 Å². The molecule has 0 radical (unpaired) electrons. The first-order valence-electron chi connectivity index (χ1n) is 11.7. The van der Waals surface area contributed by atoms with Crippen molar-refractivity contribution in [2.24, 2.45) is 0 Å². The standard InChI is InChI=1S/C10H6O8.4C4H11N.8H2O/c11-7(12)3-1-4(8(13)14)6(10(17)18)2-5(3)9(15)16;4*1-4(2,3)5;;;;;;;;/h1-2H,(H,11,12)(H,13,14)(H,15,16)(H,17,18);4*5H2,1-3H3;8*1H2. The predicted octanol–water partition coefficient (Wildman–Crippen LogP) is -11.3. The Bertz CT molecular complexity index is 762. The highest BCUT2D eigenvalue weighted by molar-refractivity contribution is 6.07. The zero-order chi connectivity index (χ0) is 32.0. The lowest BCUT2D eigenvalue weighted by atomic mass is 9.98. The number of rotatable bonds is 4. The lowest BCUT2D eigenvalue weighted by Crippen LogP contribution is -2.67. The molecule has 1 rings (SSSR count). The minimum absolute atomic E-state index is 0. The number of hydrogen-bond acceptors (Lipinski definition) is 8. The van der Waals surface area contributed by atoms with Gasteiger partial charge in [0.05, 0.1) is 46.0 Å². The van der Waals surface area contributed by atoms with E-state index in [4.69, 9.17) is 0 Å². The van der Waals surface area contributed by atoms with E-state index in [0.29, 0.717) is 12.1 Å². The second kappa shape index (κ2) is 31.6.